The molecular formula is C14H19N3O3. The predicted molar refractivity (Wildman–Crippen MR) is 74.2 cm³/mol. The minimum atomic E-state index is -0.864. The average molecular weight is 277 g/mol. The lowest BCUT2D eigenvalue weighted by molar-refractivity contribution is -0.130. The van der Waals surface area contributed by atoms with Gasteiger partial charge in [-0.2, -0.15) is 0 Å². The fourth-order valence-corrected chi connectivity index (χ4v) is 2.14. The van der Waals surface area contributed by atoms with Crippen molar-refractivity contribution in [3.63, 3.8) is 0 Å². The molecule has 1 aromatic carbocycles. The second-order valence-electron chi connectivity index (χ2n) is 5.35. The lowest BCUT2D eigenvalue weighted by Crippen LogP contribution is -2.41. The number of benzene rings is 1. The molecule has 1 saturated heterocycles. The Hall–Kier alpha value is -2.08. The van der Waals surface area contributed by atoms with E-state index in [9.17, 15) is 9.59 Å². The molecule has 0 radical (unpaired) electrons. The summed E-state index contributed by atoms with van der Waals surface area (Å²) in [4.78, 5) is 25.0. The van der Waals surface area contributed by atoms with Crippen LogP contribution in [0.15, 0.2) is 24.3 Å². The Morgan fingerprint density at radius 2 is 1.90 bits per heavy atom. The van der Waals surface area contributed by atoms with Gasteiger partial charge in [-0.25, -0.2) is 4.79 Å². The van der Waals surface area contributed by atoms with Crippen molar-refractivity contribution in [2.24, 2.45) is 5.73 Å². The Balaban J connectivity index is 2.09. The number of nitrogens with one attached hydrogen (secondary N) is 1. The average Bonchev–Trinajstić information content (AvgIpc) is 2.61. The first-order valence-corrected chi connectivity index (χ1v) is 6.39. The fraction of sp³-hybridized carbons (Fsp3) is 0.429. The van der Waals surface area contributed by atoms with E-state index in [-0.39, 0.29) is 12.5 Å². The van der Waals surface area contributed by atoms with Crippen LogP contribution in [0.25, 0.3) is 0 Å². The van der Waals surface area contributed by atoms with Gasteiger partial charge in [0, 0.05) is 12.6 Å². The van der Waals surface area contributed by atoms with Crippen molar-refractivity contribution in [3.05, 3.63) is 29.8 Å². The van der Waals surface area contributed by atoms with Gasteiger partial charge in [-0.15, -0.1) is 0 Å². The molecule has 6 nitrogen and oxygen atoms in total. The largest absolute Gasteiger partial charge is 0.497 e. The summed E-state index contributed by atoms with van der Waals surface area (Å²) < 4.78 is 5.07. The number of nitrogens with zero attached hydrogens (tertiary/aromatic N) is 1. The Kier molecular flexibility index (Phi) is 3.67. The summed E-state index contributed by atoms with van der Waals surface area (Å²) in [6, 6.07) is 6.42. The first-order valence-electron chi connectivity index (χ1n) is 6.39. The van der Waals surface area contributed by atoms with Gasteiger partial charge in [-0.1, -0.05) is 12.1 Å². The van der Waals surface area contributed by atoms with Crippen LogP contribution in [0.5, 0.6) is 5.75 Å². The van der Waals surface area contributed by atoms with Crippen LogP contribution in [0.1, 0.15) is 25.5 Å². The van der Waals surface area contributed by atoms with E-state index in [1.165, 1.54) is 0 Å². The third-order valence-corrected chi connectivity index (χ3v) is 3.37. The molecule has 3 N–H and O–H groups in total. The number of rotatable bonds is 4. The van der Waals surface area contributed by atoms with E-state index in [0.29, 0.717) is 0 Å². The van der Waals surface area contributed by atoms with Crippen molar-refractivity contribution in [3.8, 4) is 5.75 Å². The highest BCUT2D eigenvalue weighted by atomic mass is 16.5. The number of nitrogens with two attached hydrogens (primary N) is 1. The van der Waals surface area contributed by atoms with Crippen molar-refractivity contribution in [2.45, 2.75) is 25.4 Å². The zero-order valence-electron chi connectivity index (χ0n) is 11.8. The standard InChI is InChI=1S/C14H19N3O3/c1-14(2)12(18)17(13(19)16-14)8-11(15)9-4-6-10(20-3)7-5-9/h4-7,11H,8,15H2,1-3H3,(H,16,19). The van der Waals surface area contributed by atoms with E-state index >= 15 is 0 Å². The van der Waals surface area contributed by atoms with E-state index in [0.717, 1.165) is 16.2 Å². The molecule has 0 bridgehead atoms. The summed E-state index contributed by atoms with van der Waals surface area (Å²) in [5.74, 6) is 0.475. The highest BCUT2D eigenvalue weighted by molar-refractivity contribution is 6.06. The smallest absolute Gasteiger partial charge is 0.325 e. The van der Waals surface area contributed by atoms with E-state index < -0.39 is 17.6 Å². The van der Waals surface area contributed by atoms with Crippen LogP contribution in [-0.2, 0) is 4.79 Å². The van der Waals surface area contributed by atoms with Crippen molar-refractivity contribution >= 4 is 11.9 Å². The SMILES string of the molecule is COc1ccc(C(N)CN2C(=O)NC(C)(C)C2=O)cc1. The number of ether oxygens (including phenoxy) is 1. The molecule has 1 aliphatic rings. The molecule has 0 aromatic heterocycles. The van der Waals surface area contributed by atoms with Crippen LogP contribution in [0.2, 0.25) is 0 Å². The zero-order valence-corrected chi connectivity index (χ0v) is 11.8. The van der Waals surface area contributed by atoms with Gasteiger partial charge in [0.15, 0.2) is 0 Å². The molecule has 20 heavy (non-hydrogen) atoms. The Bertz CT molecular complexity index is 525. The number of methoxy groups -OCH3 is 1. The highest BCUT2D eigenvalue weighted by Gasteiger charge is 2.44. The molecule has 1 heterocycles. The van der Waals surface area contributed by atoms with E-state index in [1.54, 1.807) is 33.1 Å². The highest BCUT2D eigenvalue weighted by Crippen LogP contribution is 2.21. The first kappa shape index (κ1) is 14.3. The van der Waals surface area contributed by atoms with Gasteiger partial charge in [0.2, 0.25) is 0 Å². The number of amides is 3. The third-order valence-electron chi connectivity index (χ3n) is 3.37. The summed E-state index contributed by atoms with van der Waals surface area (Å²) in [6.45, 7) is 3.50. The predicted octanol–water partition coefficient (Wildman–Crippen LogP) is 1.03. The van der Waals surface area contributed by atoms with Crippen LogP contribution in [-0.4, -0.2) is 36.0 Å². The summed E-state index contributed by atoms with van der Waals surface area (Å²) in [6.07, 6.45) is 0. The van der Waals surface area contributed by atoms with E-state index in [2.05, 4.69) is 5.32 Å². The molecule has 1 aliphatic heterocycles. The molecule has 1 unspecified atom stereocenters. The molecule has 1 atom stereocenters. The van der Waals surface area contributed by atoms with Crippen LogP contribution in [0, 0.1) is 0 Å². The van der Waals surface area contributed by atoms with Gasteiger partial charge in [0.25, 0.3) is 5.91 Å². The topological polar surface area (TPSA) is 84.7 Å². The Labute approximate surface area is 117 Å². The van der Waals surface area contributed by atoms with Gasteiger partial charge < -0.3 is 15.8 Å². The maximum atomic E-state index is 12.1. The maximum absolute atomic E-state index is 12.1. The van der Waals surface area contributed by atoms with Crippen LogP contribution >= 0.6 is 0 Å². The number of carbonyl (C=O) groups excluding carboxylic acids is 2. The lowest BCUT2D eigenvalue weighted by atomic mass is 10.0. The lowest BCUT2D eigenvalue weighted by Gasteiger charge is -2.20. The van der Waals surface area contributed by atoms with Gasteiger partial charge in [0.05, 0.1) is 7.11 Å². The summed E-state index contributed by atoms with van der Waals surface area (Å²) >= 11 is 0. The molecule has 2 rings (SSSR count). The number of hydrogen-bond donors (Lipinski definition) is 2. The van der Waals surface area contributed by atoms with Crippen molar-refractivity contribution in [1.29, 1.82) is 0 Å². The third kappa shape index (κ3) is 2.60. The van der Waals surface area contributed by atoms with Gasteiger partial charge in [-0.05, 0) is 31.5 Å². The second-order valence-corrected chi connectivity index (χ2v) is 5.35. The Morgan fingerprint density at radius 3 is 2.35 bits per heavy atom. The van der Waals surface area contributed by atoms with Crippen molar-refractivity contribution in [2.75, 3.05) is 13.7 Å². The zero-order chi connectivity index (χ0) is 14.9. The molecule has 0 saturated carbocycles. The molecular weight excluding hydrogens is 258 g/mol. The number of imide groups is 1. The van der Waals surface area contributed by atoms with Crippen LogP contribution < -0.4 is 15.8 Å². The molecule has 1 aromatic rings. The van der Waals surface area contributed by atoms with E-state index in [4.69, 9.17) is 10.5 Å². The molecule has 3 amide bonds. The van der Waals surface area contributed by atoms with Crippen LogP contribution in [0.3, 0.4) is 0 Å². The second kappa shape index (κ2) is 5.13. The van der Waals surface area contributed by atoms with E-state index in [1.807, 2.05) is 12.1 Å². The normalized spacial score (nSPS) is 18.9. The molecule has 6 heteroatoms. The van der Waals surface area contributed by atoms with Gasteiger partial charge in [0.1, 0.15) is 11.3 Å². The molecule has 1 fully saturated rings. The van der Waals surface area contributed by atoms with Crippen molar-refractivity contribution in [1.82, 2.24) is 10.2 Å². The van der Waals surface area contributed by atoms with Gasteiger partial charge >= 0.3 is 6.03 Å². The van der Waals surface area contributed by atoms with Crippen molar-refractivity contribution < 1.29 is 14.3 Å². The maximum Gasteiger partial charge on any atom is 0.325 e. The molecule has 0 spiro atoms. The molecule has 108 valence electrons. The summed E-state index contributed by atoms with van der Waals surface area (Å²) in [5.41, 5.74) is 6.04. The number of urea groups is 1. The number of carbonyl (C=O) groups is 2. The minimum absolute atomic E-state index is 0.153. The number of hydrogen-bond acceptors (Lipinski definition) is 4. The fourth-order valence-electron chi connectivity index (χ4n) is 2.14. The van der Waals surface area contributed by atoms with Crippen LogP contribution in [0.4, 0.5) is 4.79 Å². The monoisotopic (exact) mass is 277 g/mol. The van der Waals surface area contributed by atoms with Gasteiger partial charge in [-0.3, -0.25) is 9.69 Å². The summed E-state index contributed by atoms with van der Waals surface area (Å²) in [5, 5.41) is 2.63. The minimum Gasteiger partial charge on any atom is -0.497 e. The quantitative estimate of drug-likeness (QED) is 0.805. The molecule has 0 aliphatic carbocycles. The summed E-state index contributed by atoms with van der Waals surface area (Å²) in [7, 11) is 1.59. The first-order chi connectivity index (χ1) is 9.35. The Morgan fingerprint density at radius 1 is 1.30 bits per heavy atom.